The van der Waals surface area contributed by atoms with Crippen LogP contribution in [0.5, 0.6) is 5.88 Å². The molecule has 5 nitrogen and oxygen atoms in total. The van der Waals surface area contributed by atoms with Crippen molar-refractivity contribution >= 4 is 28.6 Å². The molecule has 6 heteroatoms. The predicted molar refractivity (Wildman–Crippen MR) is 63.0 cm³/mol. The van der Waals surface area contributed by atoms with Crippen LogP contribution in [0.3, 0.4) is 0 Å². The molecule has 0 atom stereocenters. The molecule has 15 heavy (non-hydrogen) atoms. The van der Waals surface area contributed by atoms with Crippen molar-refractivity contribution in [3.8, 4) is 5.88 Å². The van der Waals surface area contributed by atoms with Gasteiger partial charge in [-0.3, -0.25) is 5.10 Å². The molecule has 1 aromatic rings. The number of H-pyrrole nitrogens is 1. The van der Waals surface area contributed by atoms with Gasteiger partial charge in [0.25, 0.3) is 0 Å². The lowest BCUT2D eigenvalue weighted by Crippen LogP contribution is -2.03. The Kier molecular flexibility index (Phi) is 4.86. The quantitative estimate of drug-likeness (QED) is 0.511. The van der Waals surface area contributed by atoms with E-state index >= 15 is 0 Å². The Hall–Kier alpha value is -0.790. The normalized spacial score (nSPS) is 10.1. The van der Waals surface area contributed by atoms with Gasteiger partial charge in [0.2, 0.25) is 5.88 Å². The van der Waals surface area contributed by atoms with Gasteiger partial charge in [-0.25, -0.2) is 4.79 Å². The van der Waals surface area contributed by atoms with Crippen LogP contribution in [0.1, 0.15) is 30.3 Å². The zero-order valence-electron chi connectivity index (χ0n) is 8.67. The van der Waals surface area contributed by atoms with Crippen LogP contribution in [0.25, 0.3) is 0 Å². The molecule has 0 unspecified atom stereocenters. The number of esters is 1. The van der Waals surface area contributed by atoms with E-state index in [-0.39, 0.29) is 0 Å². The first-order valence-corrected chi connectivity index (χ1v) is 5.73. The van der Waals surface area contributed by atoms with Gasteiger partial charge in [-0.2, -0.15) is 0 Å². The number of hydrogen-bond acceptors (Lipinski definition) is 4. The number of carbonyl (C=O) groups excluding carboxylic acids is 1. The lowest BCUT2D eigenvalue weighted by atomic mass is 10.4. The van der Waals surface area contributed by atoms with Crippen molar-refractivity contribution in [1.29, 1.82) is 0 Å². The van der Waals surface area contributed by atoms with Crippen LogP contribution in [-0.2, 0) is 4.74 Å². The fourth-order valence-corrected chi connectivity index (χ4v) is 1.58. The number of aromatic nitrogens is 2. The maximum absolute atomic E-state index is 11.2. The van der Waals surface area contributed by atoms with Gasteiger partial charge in [0.15, 0.2) is 5.69 Å². The number of aromatic amines is 1. The van der Waals surface area contributed by atoms with Crippen LogP contribution < -0.4 is 4.74 Å². The van der Waals surface area contributed by atoms with Gasteiger partial charge in [-0.05, 0) is 29.0 Å². The van der Waals surface area contributed by atoms with E-state index in [4.69, 9.17) is 4.74 Å². The zero-order chi connectivity index (χ0) is 11.3. The molecule has 0 radical (unpaired) electrons. The first kappa shape index (κ1) is 12.3. The van der Waals surface area contributed by atoms with E-state index in [2.05, 4.69) is 21.9 Å². The van der Waals surface area contributed by atoms with Crippen LogP contribution in [0, 0.1) is 3.57 Å². The monoisotopic (exact) mass is 324 g/mol. The van der Waals surface area contributed by atoms with Crippen molar-refractivity contribution in [2.75, 3.05) is 13.7 Å². The van der Waals surface area contributed by atoms with Crippen LogP contribution in [0.4, 0.5) is 0 Å². The van der Waals surface area contributed by atoms with E-state index in [0.717, 1.165) is 12.8 Å². The van der Waals surface area contributed by atoms with E-state index < -0.39 is 5.97 Å². The largest absolute Gasteiger partial charge is 0.476 e. The number of unbranched alkanes of at least 4 members (excludes halogenated alkanes) is 1. The number of carbonyl (C=O) groups is 1. The highest BCUT2D eigenvalue weighted by atomic mass is 127. The van der Waals surface area contributed by atoms with Crippen molar-refractivity contribution in [1.82, 2.24) is 10.2 Å². The van der Waals surface area contributed by atoms with Crippen LogP contribution in [0.2, 0.25) is 0 Å². The molecular formula is C9H13IN2O3. The molecule has 0 saturated carbocycles. The van der Waals surface area contributed by atoms with E-state index in [0.29, 0.717) is 21.8 Å². The summed E-state index contributed by atoms with van der Waals surface area (Å²) in [6.45, 7) is 2.69. The Morgan fingerprint density at radius 1 is 1.60 bits per heavy atom. The number of nitrogens with one attached hydrogen (secondary N) is 1. The Bertz CT molecular complexity index is 338. The first-order valence-electron chi connectivity index (χ1n) is 4.65. The van der Waals surface area contributed by atoms with Crippen molar-refractivity contribution < 1.29 is 14.3 Å². The van der Waals surface area contributed by atoms with Gasteiger partial charge in [0.05, 0.1) is 13.7 Å². The smallest absolute Gasteiger partial charge is 0.357 e. The van der Waals surface area contributed by atoms with Crippen molar-refractivity contribution in [3.63, 3.8) is 0 Å². The molecule has 0 fully saturated rings. The molecule has 1 heterocycles. The molecule has 0 aliphatic heterocycles. The first-order chi connectivity index (χ1) is 7.20. The van der Waals surface area contributed by atoms with Gasteiger partial charge < -0.3 is 9.47 Å². The summed E-state index contributed by atoms with van der Waals surface area (Å²) in [5.41, 5.74) is 0.338. The second-order valence-corrected chi connectivity index (χ2v) is 3.99. The maximum Gasteiger partial charge on any atom is 0.357 e. The molecule has 1 aromatic heterocycles. The fourth-order valence-electron chi connectivity index (χ4n) is 0.958. The van der Waals surface area contributed by atoms with E-state index in [1.807, 2.05) is 22.6 Å². The third kappa shape index (κ3) is 3.08. The SMILES string of the molecule is CCCCOc1n[nH]c(C(=O)OC)c1I. The van der Waals surface area contributed by atoms with E-state index in [1.165, 1.54) is 7.11 Å². The molecule has 0 aromatic carbocycles. The predicted octanol–water partition coefficient (Wildman–Crippen LogP) is 1.98. The molecule has 0 aliphatic carbocycles. The Morgan fingerprint density at radius 2 is 2.33 bits per heavy atom. The minimum Gasteiger partial charge on any atom is -0.476 e. The highest BCUT2D eigenvalue weighted by Gasteiger charge is 2.18. The summed E-state index contributed by atoms with van der Waals surface area (Å²) < 4.78 is 10.6. The van der Waals surface area contributed by atoms with Crippen LogP contribution in [0.15, 0.2) is 0 Å². The summed E-state index contributed by atoms with van der Waals surface area (Å²) in [6, 6.07) is 0. The van der Waals surface area contributed by atoms with Gasteiger partial charge in [0.1, 0.15) is 3.57 Å². The summed E-state index contributed by atoms with van der Waals surface area (Å²) in [7, 11) is 1.33. The second kappa shape index (κ2) is 5.94. The average molecular weight is 324 g/mol. The summed E-state index contributed by atoms with van der Waals surface area (Å²) in [5, 5.41) is 6.50. The highest BCUT2D eigenvalue weighted by molar-refractivity contribution is 14.1. The number of methoxy groups -OCH3 is 1. The minimum absolute atomic E-state index is 0.338. The molecule has 0 amide bonds. The molecule has 0 saturated heterocycles. The average Bonchev–Trinajstić information content (AvgIpc) is 2.60. The van der Waals surface area contributed by atoms with Gasteiger partial charge in [-0.1, -0.05) is 13.3 Å². The lowest BCUT2D eigenvalue weighted by molar-refractivity contribution is 0.0592. The number of halogens is 1. The number of nitrogens with zero attached hydrogens (tertiary/aromatic N) is 1. The molecule has 0 aliphatic rings. The Morgan fingerprint density at radius 3 is 2.93 bits per heavy atom. The third-order valence-electron chi connectivity index (χ3n) is 1.80. The lowest BCUT2D eigenvalue weighted by Gasteiger charge is -2.01. The number of hydrogen-bond donors (Lipinski definition) is 1. The minimum atomic E-state index is -0.433. The second-order valence-electron chi connectivity index (χ2n) is 2.91. The maximum atomic E-state index is 11.2. The standard InChI is InChI=1S/C9H13IN2O3/c1-3-4-5-15-8-6(10)7(11-12-8)9(13)14-2/h3-5H2,1-2H3,(H,11,12). The van der Waals surface area contributed by atoms with Gasteiger partial charge >= 0.3 is 5.97 Å². The number of rotatable bonds is 5. The third-order valence-corrected chi connectivity index (χ3v) is 2.80. The molecule has 1 N–H and O–H groups in total. The molecule has 1 rings (SSSR count). The Balaban J connectivity index is 2.67. The highest BCUT2D eigenvalue weighted by Crippen LogP contribution is 2.21. The van der Waals surface area contributed by atoms with Gasteiger partial charge in [-0.15, -0.1) is 5.10 Å². The summed E-state index contributed by atoms with van der Waals surface area (Å²) in [6.07, 6.45) is 2.03. The van der Waals surface area contributed by atoms with Crippen molar-refractivity contribution in [2.24, 2.45) is 0 Å². The molecule has 0 spiro atoms. The van der Waals surface area contributed by atoms with Crippen LogP contribution in [-0.4, -0.2) is 29.9 Å². The van der Waals surface area contributed by atoms with E-state index in [9.17, 15) is 4.79 Å². The van der Waals surface area contributed by atoms with Crippen LogP contribution >= 0.6 is 22.6 Å². The van der Waals surface area contributed by atoms with E-state index in [1.54, 1.807) is 0 Å². The zero-order valence-corrected chi connectivity index (χ0v) is 10.8. The summed E-state index contributed by atoms with van der Waals surface area (Å²) >= 11 is 2.01. The number of ether oxygens (including phenoxy) is 2. The van der Waals surface area contributed by atoms with Crippen molar-refractivity contribution in [2.45, 2.75) is 19.8 Å². The summed E-state index contributed by atoms with van der Waals surface area (Å²) in [5.74, 6) is 0.0293. The molecular weight excluding hydrogens is 311 g/mol. The van der Waals surface area contributed by atoms with Gasteiger partial charge in [0, 0.05) is 0 Å². The fraction of sp³-hybridized carbons (Fsp3) is 0.556. The molecule has 0 bridgehead atoms. The molecule has 84 valence electrons. The topological polar surface area (TPSA) is 64.2 Å². The van der Waals surface area contributed by atoms with Crippen molar-refractivity contribution in [3.05, 3.63) is 9.26 Å². The Labute approximate surface area is 102 Å². The summed E-state index contributed by atoms with van der Waals surface area (Å²) in [4.78, 5) is 11.2.